The third kappa shape index (κ3) is 3.73. The molecule has 1 amide bonds. The summed E-state index contributed by atoms with van der Waals surface area (Å²) in [5.41, 5.74) is 1.19. The zero-order chi connectivity index (χ0) is 15.4. The lowest BCUT2D eigenvalue weighted by Crippen LogP contribution is -2.49. The van der Waals surface area contributed by atoms with Gasteiger partial charge in [-0.3, -0.25) is 4.79 Å². The molecule has 1 aliphatic rings. The predicted molar refractivity (Wildman–Crippen MR) is 89.0 cm³/mol. The van der Waals surface area contributed by atoms with Gasteiger partial charge in [0.1, 0.15) is 6.04 Å². The molecule has 21 heavy (non-hydrogen) atoms. The van der Waals surface area contributed by atoms with Gasteiger partial charge < -0.3 is 15.1 Å². The van der Waals surface area contributed by atoms with Gasteiger partial charge >= 0.3 is 0 Å². The van der Waals surface area contributed by atoms with Crippen molar-refractivity contribution in [3.63, 3.8) is 0 Å². The van der Waals surface area contributed by atoms with Gasteiger partial charge in [-0.15, -0.1) is 0 Å². The molecule has 4 nitrogen and oxygen atoms in total. The SMILES string of the molecule is C[C@@H](NC(=S)N1CCC[C@@H]1C(=O)N(C)C)c1ccccc1. The molecule has 1 aromatic carbocycles. The standard InChI is InChI=1S/C16H23N3OS/c1-12(13-8-5-4-6-9-13)17-16(21)19-11-7-10-14(19)15(20)18(2)3/h4-6,8-9,12,14H,7,10-11H2,1-3H3,(H,17,21)/t12-,14-/m1/s1. The monoisotopic (exact) mass is 305 g/mol. The first kappa shape index (κ1) is 15.8. The molecule has 1 aromatic rings. The molecule has 2 rings (SSSR count). The topological polar surface area (TPSA) is 35.6 Å². The molecule has 0 aromatic heterocycles. The molecule has 0 bridgehead atoms. The second kappa shape index (κ2) is 6.89. The van der Waals surface area contributed by atoms with Crippen molar-refractivity contribution in [2.24, 2.45) is 0 Å². The number of carbonyl (C=O) groups excluding carboxylic acids is 1. The smallest absolute Gasteiger partial charge is 0.244 e. The van der Waals surface area contributed by atoms with E-state index in [-0.39, 0.29) is 18.0 Å². The Hall–Kier alpha value is -1.62. The summed E-state index contributed by atoms with van der Waals surface area (Å²) < 4.78 is 0. The van der Waals surface area contributed by atoms with E-state index in [0.717, 1.165) is 19.4 Å². The van der Waals surface area contributed by atoms with E-state index in [4.69, 9.17) is 12.2 Å². The molecule has 1 aliphatic heterocycles. The zero-order valence-corrected chi connectivity index (χ0v) is 13.7. The Morgan fingerprint density at radius 2 is 2.05 bits per heavy atom. The number of nitrogens with one attached hydrogen (secondary N) is 1. The fraction of sp³-hybridized carbons (Fsp3) is 0.500. The quantitative estimate of drug-likeness (QED) is 0.868. The first-order chi connectivity index (χ1) is 10.0. The molecule has 1 heterocycles. The van der Waals surface area contributed by atoms with Crippen LogP contribution in [0.15, 0.2) is 30.3 Å². The van der Waals surface area contributed by atoms with Crippen LogP contribution < -0.4 is 5.32 Å². The first-order valence-corrected chi connectivity index (χ1v) is 7.74. The molecule has 0 radical (unpaired) electrons. The van der Waals surface area contributed by atoms with Gasteiger partial charge in [-0.05, 0) is 37.5 Å². The molecular formula is C16H23N3OS. The first-order valence-electron chi connectivity index (χ1n) is 7.34. The molecule has 0 saturated carbocycles. The molecule has 1 N–H and O–H groups in total. The number of hydrogen-bond donors (Lipinski definition) is 1. The normalized spacial score (nSPS) is 19.2. The van der Waals surface area contributed by atoms with E-state index in [1.165, 1.54) is 5.56 Å². The van der Waals surface area contributed by atoms with Crippen LogP contribution in [-0.2, 0) is 4.79 Å². The summed E-state index contributed by atoms with van der Waals surface area (Å²) in [6.07, 6.45) is 1.88. The Balaban J connectivity index is 2.01. The maximum atomic E-state index is 12.2. The maximum Gasteiger partial charge on any atom is 0.244 e. The van der Waals surface area contributed by atoms with Crippen molar-refractivity contribution in [2.75, 3.05) is 20.6 Å². The van der Waals surface area contributed by atoms with Crippen LogP contribution in [0.4, 0.5) is 0 Å². The van der Waals surface area contributed by atoms with Crippen LogP contribution in [0.5, 0.6) is 0 Å². The fourth-order valence-corrected chi connectivity index (χ4v) is 3.05. The summed E-state index contributed by atoms with van der Waals surface area (Å²) in [6, 6.07) is 10.2. The van der Waals surface area contributed by atoms with Crippen molar-refractivity contribution >= 4 is 23.2 Å². The predicted octanol–water partition coefficient (Wildman–Crippen LogP) is 2.17. The number of carbonyl (C=O) groups is 1. The summed E-state index contributed by atoms with van der Waals surface area (Å²) >= 11 is 5.52. The molecule has 0 aliphatic carbocycles. The van der Waals surface area contributed by atoms with Gasteiger partial charge in [0, 0.05) is 20.6 Å². The van der Waals surface area contributed by atoms with Crippen LogP contribution in [-0.4, -0.2) is 47.5 Å². The third-order valence-electron chi connectivity index (χ3n) is 3.88. The second-order valence-corrected chi connectivity index (χ2v) is 6.05. The van der Waals surface area contributed by atoms with Crippen molar-refractivity contribution in [1.29, 1.82) is 0 Å². The molecule has 114 valence electrons. The average molecular weight is 305 g/mol. The minimum Gasteiger partial charge on any atom is -0.356 e. The van der Waals surface area contributed by atoms with E-state index < -0.39 is 0 Å². The van der Waals surface area contributed by atoms with Crippen molar-refractivity contribution in [3.05, 3.63) is 35.9 Å². The Kier molecular flexibility index (Phi) is 5.17. The highest BCUT2D eigenvalue weighted by Crippen LogP contribution is 2.20. The van der Waals surface area contributed by atoms with Crippen molar-refractivity contribution < 1.29 is 4.79 Å². The van der Waals surface area contributed by atoms with E-state index in [9.17, 15) is 4.79 Å². The van der Waals surface area contributed by atoms with Gasteiger partial charge in [0.15, 0.2) is 5.11 Å². The van der Waals surface area contributed by atoms with Crippen LogP contribution in [0.3, 0.4) is 0 Å². The van der Waals surface area contributed by atoms with Crippen LogP contribution in [0.25, 0.3) is 0 Å². The number of hydrogen-bond acceptors (Lipinski definition) is 2. The second-order valence-electron chi connectivity index (χ2n) is 5.67. The summed E-state index contributed by atoms with van der Waals surface area (Å²) in [5, 5.41) is 4.02. The van der Waals surface area contributed by atoms with E-state index in [0.29, 0.717) is 5.11 Å². The molecule has 1 fully saturated rings. The lowest BCUT2D eigenvalue weighted by molar-refractivity contribution is -0.132. The lowest BCUT2D eigenvalue weighted by Gasteiger charge is -2.30. The number of likely N-dealkylation sites (N-methyl/N-ethyl adjacent to an activating group) is 1. The van der Waals surface area contributed by atoms with Gasteiger partial charge in [0.2, 0.25) is 5.91 Å². The summed E-state index contributed by atoms with van der Waals surface area (Å²) in [4.78, 5) is 15.9. The summed E-state index contributed by atoms with van der Waals surface area (Å²) in [7, 11) is 3.59. The Bertz CT molecular complexity index is 504. The van der Waals surface area contributed by atoms with Crippen LogP contribution in [0, 0.1) is 0 Å². The number of thiocarbonyl (C=S) groups is 1. The Morgan fingerprint density at radius 1 is 1.38 bits per heavy atom. The number of amides is 1. The average Bonchev–Trinajstić information content (AvgIpc) is 2.96. The van der Waals surface area contributed by atoms with E-state index in [1.807, 2.05) is 23.1 Å². The third-order valence-corrected chi connectivity index (χ3v) is 4.23. The highest BCUT2D eigenvalue weighted by molar-refractivity contribution is 7.80. The highest BCUT2D eigenvalue weighted by Gasteiger charge is 2.33. The number of benzene rings is 1. The molecule has 5 heteroatoms. The number of nitrogens with zero attached hydrogens (tertiary/aromatic N) is 2. The molecule has 0 unspecified atom stereocenters. The van der Waals surface area contributed by atoms with E-state index >= 15 is 0 Å². The minimum absolute atomic E-state index is 0.122. The molecule has 0 spiro atoms. The van der Waals surface area contributed by atoms with Crippen LogP contribution in [0.1, 0.15) is 31.4 Å². The van der Waals surface area contributed by atoms with Crippen molar-refractivity contribution in [2.45, 2.75) is 31.8 Å². The van der Waals surface area contributed by atoms with Gasteiger partial charge in [0.05, 0.1) is 6.04 Å². The largest absolute Gasteiger partial charge is 0.356 e. The maximum absolute atomic E-state index is 12.2. The molecule has 1 saturated heterocycles. The van der Waals surface area contributed by atoms with Gasteiger partial charge in [-0.2, -0.15) is 0 Å². The number of likely N-dealkylation sites (tertiary alicyclic amines) is 1. The van der Waals surface area contributed by atoms with E-state index in [2.05, 4.69) is 24.4 Å². The molecule has 2 atom stereocenters. The van der Waals surface area contributed by atoms with Gasteiger partial charge in [-0.25, -0.2) is 0 Å². The fourth-order valence-electron chi connectivity index (χ4n) is 2.66. The van der Waals surface area contributed by atoms with Crippen LogP contribution >= 0.6 is 12.2 Å². The summed E-state index contributed by atoms with van der Waals surface area (Å²) in [6.45, 7) is 2.93. The Labute approximate surface area is 132 Å². The number of rotatable bonds is 3. The minimum atomic E-state index is -0.122. The van der Waals surface area contributed by atoms with Gasteiger partial charge in [0.25, 0.3) is 0 Å². The van der Waals surface area contributed by atoms with Crippen LogP contribution in [0.2, 0.25) is 0 Å². The van der Waals surface area contributed by atoms with Crippen molar-refractivity contribution in [3.8, 4) is 0 Å². The van der Waals surface area contributed by atoms with Crippen molar-refractivity contribution in [1.82, 2.24) is 15.1 Å². The lowest BCUT2D eigenvalue weighted by atomic mass is 10.1. The van der Waals surface area contributed by atoms with Gasteiger partial charge in [-0.1, -0.05) is 30.3 Å². The molecular weight excluding hydrogens is 282 g/mol. The summed E-state index contributed by atoms with van der Waals surface area (Å²) in [5.74, 6) is 0.129. The highest BCUT2D eigenvalue weighted by atomic mass is 32.1. The van der Waals surface area contributed by atoms with E-state index in [1.54, 1.807) is 19.0 Å². The zero-order valence-electron chi connectivity index (χ0n) is 12.9. The Morgan fingerprint density at radius 3 is 2.67 bits per heavy atom.